The fourth-order valence-corrected chi connectivity index (χ4v) is 2.70. The second-order valence-corrected chi connectivity index (χ2v) is 5.67. The average Bonchev–Trinajstić information content (AvgIpc) is 2.30. The Morgan fingerprint density at radius 2 is 2.16 bits per heavy atom. The first-order chi connectivity index (χ1) is 8.97. The van der Waals surface area contributed by atoms with Gasteiger partial charge in [-0.1, -0.05) is 0 Å². The molecular formula is C10H6BrClN4O2S. The summed E-state index contributed by atoms with van der Waals surface area (Å²) >= 11 is 10.1. The molecule has 0 bridgehead atoms. The Labute approximate surface area is 125 Å². The van der Waals surface area contributed by atoms with Gasteiger partial charge in [-0.05, 0) is 58.3 Å². The molecule has 9 heteroatoms. The molecule has 0 unspecified atom stereocenters. The van der Waals surface area contributed by atoms with Crippen LogP contribution in [0.2, 0.25) is 5.28 Å². The van der Waals surface area contributed by atoms with Gasteiger partial charge < -0.3 is 0 Å². The molecule has 0 atom stereocenters. The minimum Gasteiger partial charge on any atom is -0.258 e. The molecule has 0 aliphatic rings. The number of nitro groups is 1. The fraction of sp³-hybridized carbons (Fsp3) is 0.100. The molecule has 0 radical (unpaired) electrons. The maximum absolute atomic E-state index is 11.0. The van der Waals surface area contributed by atoms with Crippen molar-refractivity contribution in [3.63, 3.8) is 0 Å². The Morgan fingerprint density at radius 1 is 1.42 bits per heavy atom. The lowest BCUT2D eigenvalue weighted by Gasteiger charge is -2.04. The van der Waals surface area contributed by atoms with E-state index in [0.29, 0.717) is 5.03 Å². The Morgan fingerprint density at radius 3 is 2.74 bits per heavy atom. The van der Waals surface area contributed by atoms with Gasteiger partial charge in [-0.2, -0.15) is 0 Å². The lowest BCUT2D eigenvalue weighted by Crippen LogP contribution is -2.00. The van der Waals surface area contributed by atoms with Crippen LogP contribution >= 0.6 is 39.3 Å². The van der Waals surface area contributed by atoms with Gasteiger partial charge in [0.1, 0.15) is 10.7 Å². The largest absolute Gasteiger partial charge is 0.322 e. The zero-order valence-electron chi connectivity index (χ0n) is 9.50. The van der Waals surface area contributed by atoms with Gasteiger partial charge in [0.15, 0.2) is 5.03 Å². The van der Waals surface area contributed by atoms with Gasteiger partial charge in [0.2, 0.25) is 5.28 Å². The fourth-order valence-electron chi connectivity index (χ4n) is 1.31. The van der Waals surface area contributed by atoms with Crippen LogP contribution in [0.3, 0.4) is 0 Å². The van der Waals surface area contributed by atoms with Gasteiger partial charge >= 0.3 is 5.69 Å². The van der Waals surface area contributed by atoms with Crippen molar-refractivity contribution in [2.24, 2.45) is 0 Å². The Balaban J connectivity index is 2.44. The van der Waals surface area contributed by atoms with Crippen molar-refractivity contribution >= 4 is 45.0 Å². The highest BCUT2D eigenvalue weighted by atomic mass is 79.9. The second kappa shape index (κ2) is 5.81. The van der Waals surface area contributed by atoms with E-state index in [1.165, 1.54) is 6.92 Å². The third-order valence-electron chi connectivity index (χ3n) is 2.08. The van der Waals surface area contributed by atoms with Crippen LogP contribution in [0.15, 0.2) is 32.9 Å². The van der Waals surface area contributed by atoms with Crippen LogP contribution in [-0.4, -0.2) is 19.9 Å². The Bertz CT molecular complexity index is 638. The van der Waals surface area contributed by atoms with Crippen LogP contribution in [0.5, 0.6) is 0 Å². The molecule has 0 spiro atoms. The molecule has 2 heterocycles. The van der Waals surface area contributed by atoms with Crippen LogP contribution in [0.25, 0.3) is 0 Å². The van der Waals surface area contributed by atoms with E-state index in [4.69, 9.17) is 11.6 Å². The van der Waals surface area contributed by atoms with Crippen molar-refractivity contribution in [2.45, 2.75) is 17.0 Å². The average molecular weight is 362 g/mol. The highest BCUT2D eigenvalue weighted by molar-refractivity contribution is 9.10. The molecule has 19 heavy (non-hydrogen) atoms. The third-order valence-corrected chi connectivity index (χ3v) is 3.65. The van der Waals surface area contributed by atoms with Crippen molar-refractivity contribution < 1.29 is 4.92 Å². The summed E-state index contributed by atoms with van der Waals surface area (Å²) < 4.78 is 0.822. The molecule has 0 aromatic carbocycles. The van der Waals surface area contributed by atoms with Crippen LogP contribution < -0.4 is 0 Å². The van der Waals surface area contributed by atoms with E-state index in [2.05, 4.69) is 30.9 Å². The first-order valence-electron chi connectivity index (χ1n) is 4.95. The highest BCUT2D eigenvalue weighted by Crippen LogP contribution is 2.34. The predicted molar refractivity (Wildman–Crippen MR) is 74.5 cm³/mol. The quantitative estimate of drug-likeness (QED) is 0.359. The van der Waals surface area contributed by atoms with E-state index < -0.39 is 4.92 Å². The normalized spacial score (nSPS) is 10.5. The summed E-state index contributed by atoms with van der Waals surface area (Å²) in [6.45, 7) is 1.52. The number of rotatable bonds is 3. The van der Waals surface area contributed by atoms with Crippen molar-refractivity contribution in [1.29, 1.82) is 0 Å². The number of hydrogen-bond acceptors (Lipinski definition) is 6. The van der Waals surface area contributed by atoms with Gasteiger partial charge in [0.25, 0.3) is 0 Å². The zero-order valence-corrected chi connectivity index (χ0v) is 12.7. The van der Waals surface area contributed by atoms with Gasteiger partial charge in [0, 0.05) is 10.7 Å². The van der Waals surface area contributed by atoms with Crippen LogP contribution in [0.1, 0.15) is 5.69 Å². The number of nitrogens with zero attached hydrogens (tertiary/aromatic N) is 4. The molecule has 0 saturated carbocycles. The van der Waals surface area contributed by atoms with Gasteiger partial charge in [-0.15, -0.1) is 0 Å². The number of aryl methyl sites for hydroxylation is 1. The summed E-state index contributed by atoms with van der Waals surface area (Å²) in [5.74, 6) is 0. The SMILES string of the molecule is Cc1nc(Cl)nc(Sc2ccc(Br)cn2)c1[N+](=O)[O-]. The minimum atomic E-state index is -0.521. The highest BCUT2D eigenvalue weighted by Gasteiger charge is 2.22. The molecule has 0 aliphatic heterocycles. The number of aromatic nitrogens is 3. The van der Waals surface area contributed by atoms with Gasteiger partial charge in [-0.25, -0.2) is 15.0 Å². The summed E-state index contributed by atoms with van der Waals surface area (Å²) in [4.78, 5) is 22.3. The number of halogens is 2. The molecule has 98 valence electrons. The third kappa shape index (κ3) is 3.40. The first kappa shape index (κ1) is 14.2. The van der Waals surface area contributed by atoms with Crippen molar-refractivity contribution in [3.8, 4) is 0 Å². The smallest absolute Gasteiger partial charge is 0.258 e. The van der Waals surface area contributed by atoms with Gasteiger partial charge in [-0.3, -0.25) is 10.1 Å². The standard InChI is InChI=1S/C10H6BrClN4O2S/c1-5-8(16(17)18)9(15-10(12)14-5)19-7-3-2-6(11)4-13-7/h2-4H,1H3. The van der Waals surface area contributed by atoms with Crippen LogP contribution in [-0.2, 0) is 0 Å². The summed E-state index contributed by atoms with van der Waals surface area (Å²) in [7, 11) is 0. The van der Waals surface area contributed by atoms with Crippen LogP contribution in [0.4, 0.5) is 5.69 Å². The predicted octanol–water partition coefficient (Wildman–Crippen LogP) is 3.66. The molecule has 0 amide bonds. The lowest BCUT2D eigenvalue weighted by atomic mass is 10.4. The summed E-state index contributed by atoms with van der Waals surface area (Å²) in [5.41, 5.74) is 0.0729. The Hall–Kier alpha value is -1.25. The summed E-state index contributed by atoms with van der Waals surface area (Å²) in [6, 6.07) is 3.51. The minimum absolute atomic E-state index is 0.0253. The van der Waals surface area contributed by atoms with E-state index in [1.54, 1.807) is 18.3 Å². The molecule has 2 aromatic heterocycles. The molecule has 2 aromatic rings. The van der Waals surface area contributed by atoms with Crippen molar-refractivity contribution in [1.82, 2.24) is 15.0 Å². The molecule has 0 aliphatic carbocycles. The summed E-state index contributed by atoms with van der Waals surface area (Å²) in [5, 5.41) is 11.8. The molecular weight excluding hydrogens is 356 g/mol. The zero-order chi connectivity index (χ0) is 14.0. The molecule has 0 fully saturated rings. The maximum Gasteiger partial charge on any atom is 0.322 e. The van der Waals surface area contributed by atoms with Crippen molar-refractivity contribution in [3.05, 3.63) is 43.9 Å². The van der Waals surface area contributed by atoms with E-state index in [1.807, 2.05) is 0 Å². The van der Waals surface area contributed by atoms with E-state index >= 15 is 0 Å². The molecule has 0 saturated heterocycles. The summed E-state index contributed by atoms with van der Waals surface area (Å²) in [6.07, 6.45) is 1.60. The van der Waals surface area contributed by atoms with E-state index in [-0.39, 0.29) is 21.7 Å². The first-order valence-corrected chi connectivity index (χ1v) is 6.94. The lowest BCUT2D eigenvalue weighted by molar-refractivity contribution is -0.389. The number of hydrogen-bond donors (Lipinski definition) is 0. The molecule has 6 nitrogen and oxygen atoms in total. The second-order valence-electron chi connectivity index (χ2n) is 3.41. The van der Waals surface area contributed by atoms with Crippen LogP contribution in [0, 0.1) is 17.0 Å². The van der Waals surface area contributed by atoms with Gasteiger partial charge in [0.05, 0.1) is 4.92 Å². The maximum atomic E-state index is 11.0. The van der Waals surface area contributed by atoms with Crippen molar-refractivity contribution in [2.75, 3.05) is 0 Å². The number of pyridine rings is 1. The van der Waals surface area contributed by atoms with E-state index in [9.17, 15) is 10.1 Å². The van der Waals surface area contributed by atoms with E-state index in [0.717, 1.165) is 16.2 Å². The molecule has 2 rings (SSSR count). The Kier molecular flexibility index (Phi) is 4.33. The monoisotopic (exact) mass is 360 g/mol. The topological polar surface area (TPSA) is 81.8 Å². The molecule has 0 N–H and O–H groups in total.